The summed E-state index contributed by atoms with van der Waals surface area (Å²) < 4.78 is 84.3. The first kappa shape index (κ1) is 19.2. The standard InChI is InChI=1S/C16H11F6N3OS/c17-9-4-11(15(22)24-16(9)26-6-13(18)19)25-27-12-5-23-10-3-7(14(20)21)1-2-8(10)12/h1-5,13-14,23,25H,6H2. The molecule has 0 aliphatic heterocycles. The number of alkyl halides is 4. The van der Waals surface area contributed by atoms with Crippen molar-refractivity contribution in [2.45, 2.75) is 17.7 Å². The molecule has 2 N–H and O–H groups in total. The largest absolute Gasteiger partial charge is 0.469 e. The molecule has 27 heavy (non-hydrogen) atoms. The Balaban J connectivity index is 1.75. The van der Waals surface area contributed by atoms with E-state index in [1.54, 1.807) is 0 Å². The van der Waals surface area contributed by atoms with Crippen molar-refractivity contribution < 1.29 is 31.1 Å². The van der Waals surface area contributed by atoms with E-state index in [0.717, 1.165) is 18.0 Å². The van der Waals surface area contributed by atoms with Gasteiger partial charge in [-0.2, -0.15) is 9.37 Å². The zero-order chi connectivity index (χ0) is 19.6. The lowest BCUT2D eigenvalue weighted by Gasteiger charge is -2.09. The molecule has 4 nitrogen and oxygen atoms in total. The number of fused-ring (bicyclic) bond motifs is 1. The first-order chi connectivity index (χ1) is 12.8. The molecule has 1 aromatic carbocycles. The van der Waals surface area contributed by atoms with Crippen molar-refractivity contribution in [3.63, 3.8) is 0 Å². The van der Waals surface area contributed by atoms with Gasteiger partial charge in [0.2, 0.25) is 5.95 Å². The van der Waals surface area contributed by atoms with Crippen molar-refractivity contribution in [3.05, 3.63) is 47.8 Å². The van der Waals surface area contributed by atoms with Crippen LogP contribution in [-0.2, 0) is 0 Å². The lowest BCUT2D eigenvalue weighted by atomic mass is 10.2. The highest BCUT2D eigenvalue weighted by Crippen LogP contribution is 2.32. The van der Waals surface area contributed by atoms with Crippen LogP contribution < -0.4 is 9.46 Å². The SMILES string of the molecule is Fc1cc(NSc2c[nH]c3cc(C(F)F)ccc23)c(F)nc1OCC(F)F. The lowest BCUT2D eigenvalue weighted by Crippen LogP contribution is -2.10. The van der Waals surface area contributed by atoms with Crippen molar-refractivity contribution in [3.8, 4) is 5.88 Å². The van der Waals surface area contributed by atoms with Gasteiger partial charge in [0.25, 0.3) is 18.7 Å². The van der Waals surface area contributed by atoms with Crippen molar-refractivity contribution in [2.75, 3.05) is 11.3 Å². The fraction of sp³-hybridized carbons (Fsp3) is 0.188. The van der Waals surface area contributed by atoms with Crippen LogP contribution in [0.1, 0.15) is 12.0 Å². The summed E-state index contributed by atoms with van der Waals surface area (Å²) >= 11 is 0.895. The molecule has 11 heteroatoms. The van der Waals surface area contributed by atoms with Crippen LogP contribution in [0, 0.1) is 11.8 Å². The Hall–Kier alpha value is -2.56. The average molecular weight is 407 g/mol. The van der Waals surface area contributed by atoms with Gasteiger partial charge in [0, 0.05) is 28.7 Å². The van der Waals surface area contributed by atoms with Crippen LogP contribution in [-0.4, -0.2) is 23.0 Å². The van der Waals surface area contributed by atoms with E-state index in [1.165, 1.54) is 24.4 Å². The summed E-state index contributed by atoms with van der Waals surface area (Å²) in [6.45, 7) is -1.11. The van der Waals surface area contributed by atoms with Gasteiger partial charge in [-0.15, -0.1) is 0 Å². The lowest BCUT2D eigenvalue weighted by molar-refractivity contribution is 0.0768. The van der Waals surface area contributed by atoms with Gasteiger partial charge in [0.1, 0.15) is 5.69 Å². The van der Waals surface area contributed by atoms with Crippen molar-refractivity contribution in [1.82, 2.24) is 9.97 Å². The Labute approximate surface area is 153 Å². The monoisotopic (exact) mass is 407 g/mol. The first-order valence-electron chi connectivity index (χ1n) is 7.44. The highest BCUT2D eigenvalue weighted by molar-refractivity contribution is 8.00. The number of benzene rings is 1. The molecule has 3 rings (SSSR count). The quantitative estimate of drug-likeness (QED) is 0.307. The first-order valence-corrected chi connectivity index (χ1v) is 8.26. The molecule has 0 aliphatic rings. The Bertz CT molecular complexity index is 949. The van der Waals surface area contributed by atoms with E-state index in [-0.39, 0.29) is 11.3 Å². The molecule has 0 bridgehead atoms. The fourth-order valence-corrected chi connectivity index (χ4v) is 2.98. The zero-order valence-electron chi connectivity index (χ0n) is 13.3. The highest BCUT2D eigenvalue weighted by Gasteiger charge is 2.16. The van der Waals surface area contributed by atoms with Crippen LogP contribution in [0.25, 0.3) is 10.9 Å². The summed E-state index contributed by atoms with van der Waals surface area (Å²) in [5, 5.41) is 0.600. The number of ether oxygens (including phenoxy) is 1. The zero-order valence-corrected chi connectivity index (χ0v) is 14.1. The second-order valence-corrected chi connectivity index (χ2v) is 6.13. The smallest absolute Gasteiger partial charge is 0.272 e. The van der Waals surface area contributed by atoms with E-state index in [4.69, 9.17) is 0 Å². The summed E-state index contributed by atoms with van der Waals surface area (Å²) in [5.74, 6) is -3.12. The van der Waals surface area contributed by atoms with E-state index in [2.05, 4.69) is 19.4 Å². The second kappa shape index (κ2) is 7.99. The minimum Gasteiger partial charge on any atom is -0.469 e. The number of nitrogens with zero attached hydrogens (tertiary/aromatic N) is 1. The maximum absolute atomic E-state index is 13.9. The van der Waals surface area contributed by atoms with Gasteiger partial charge in [0.05, 0.1) is 4.90 Å². The predicted octanol–water partition coefficient (Wildman–Crippen LogP) is 5.54. The average Bonchev–Trinajstić information content (AvgIpc) is 3.03. The Kier molecular flexibility index (Phi) is 5.68. The minimum absolute atomic E-state index is 0.148. The third-order valence-electron chi connectivity index (χ3n) is 3.43. The normalized spacial score (nSPS) is 11.6. The molecule has 144 valence electrons. The number of hydrogen-bond acceptors (Lipinski definition) is 4. The number of nitrogens with one attached hydrogen (secondary N) is 2. The van der Waals surface area contributed by atoms with Gasteiger partial charge < -0.3 is 14.4 Å². The molecule has 0 saturated carbocycles. The third-order valence-corrected chi connectivity index (χ3v) is 4.31. The van der Waals surface area contributed by atoms with Crippen LogP contribution in [0.3, 0.4) is 0 Å². The number of anilines is 1. The number of H-pyrrole nitrogens is 1. The molecule has 2 aromatic heterocycles. The summed E-state index contributed by atoms with van der Waals surface area (Å²) in [5.41, 5.74) is -0.0244. The van der Waals surface area contributed by atoms with Crippen molar-refractivity contribution in [2.24, 2.45) is 0 Å². The number of aromatic nitrogens is 2. The van der Waals surface area contributed by atoms with Gasteiger partial charge in [-0.3, -0.25) is 0 Å². The fourth-order valence-electron chi connectivity index (χ4n) is 2.21. The molecule has 0 radical (unpaired) electrons. The molecule has 0 unspecified atom stereocenters. The summed E-state index contributed by atoms with van der Waals surface area (Å²) in [4.78, 5) is 6.53. The van der Waals surface area contributed by atoms with Crippen LogP contribution in [0.4, 0.5) is 32.0 Å². The van der Waals surface area contributed by atoms with Crippen molar-refractivity contribution in [1.29, 1.82) is 0 Å². The van der Waals surface area contributed by atoms with Crippen molar-refractivity contribution >= 4 is 28.5 Å². The van der Waals surface area contributed by atoms with Gasteiger partial charge in [-0.25, -0.2) is 22.0 Å². The predicted molar refractivity (Wildman–Crippen MR) is 88.4 cm³/mol. The molecule has 0 fully saturated rings. The summed E-state index contributed by atoms with van der Waals surface area (Å²) in [6.07, 6.45) is -3.95. The van der Waals surface area contributed by atoms with E-state index >= 15 is 0 Å². The van der Waals surface area contributed by atoms with Crippen LogP contribution in [0.5, 0.6) is 5.88 Å². The summed E-state index contributed by atoms with van der Waals surface area (Å²) in [7, 11) is 0. The Morgan fingerprint density at radius 1 is 1.15 bits per heavy atom. The molecular weight excluding hydrogens is 396 g/mol. The molecular formula is C16H11F6N3OS. The van der Waals surface area contributed by atoms with Gasteiger partial charge in [0.15, 0.2) is 12.4 Å². The molecule has 0 saturated heterocycles. The van der Waals surface area contributed by atoms with E-state index in [1.807, 2.05) is 0 Å². The molecule has 2 heterocycles. The maximum atomic E-state index is 13.9. The summed E-state index contributed by atoms with van der Waals surface area (Å²) in [6, 6.07) is 4.76. The van der Waals surface area contributed by atoms with Gasteiger partial charge in [-0.05, 0) is 18.0 Å². The Morgan fingerprint density at radius 3 is 2.63 bits per heavy atom. The number of rotatable bonds is 7. The second-order valence-electron chi connectivity index (χ2n) is 5.28. The number of aromatic amines is 1. The number of halogens is 6. The molecule has 0 aliphatic carbocycles. The van der Waals surface area contributed by atoms with Crippen LogP contribution in [0.15, 0.2) is 35.4 Å². The van der Waals surface area contributed by atoms with E-state index in [9.17, 15) is 26.3 Å². The van der Waals surface area contributed by atoms with Gasteiger partial charge >= 0.3 is 0 Å². The topological polar surface area (TPSA) is 49.9 Å². The minimum atomic E-state index is -2.85. The number of pyridine rings is 1. The van der Waals surface area contributed by atoms with Crippen LogP contribution in [0.2, 0.25) is 0 Å². The van der Waals surface area contributed by atoms with E-state index < -0.39 is 37.1 Å². The Morgan fingerprint density at radius 2 is 1.93 bits per heavy atom. The highest BCUT2D eigenvalue weighted by atomic mass is 32.2. The molecule has 0 amide bonds. The van der Waals surface area contributed by atoms with E-state index in [0.29, 0.717) is 15.8 Å². The third kappa shape index (κ3) is 4.41. The molecule has 0 atom stereocenters. The van der Waals surface area contributed by atoms with Gasteiger partial charge in [-0.1, -0.05) is 12.1 Å². The number of hydrogen-bond donors (Lipinski definition) is 2. The molecule has 3 aromatic rings. The molecule has 0 spiro atoms. The maximum Gasteiger partial charge on any atom is 0.272 e. The van der Waals surface area contributed by atoms with Crippen LogP contribution >= 0.6 is 11.9 Å².